The van der Waals surface area contributed by atoms with E-state index in [-0.39, 0.29) is 0 Å². The number of fused-ring (bicyclic) bond motifs is 1. The van der Waals surface area contributed by atoms with Crippen molar-refractivity contribution in [1.29, 1.82) is 0 Å². The first-order chi connectivity index (χ1) is 15.6. The Kier molecular flexibility index (Phi) is 6.75. The highest BCUT2D eigenvalue weighted by Gasteiger charge is 2.23. The predicted octanol–water partition coefficient (Wildman–Crippen LogP) is 1.53. The van der Waals surface area contributed by atoms with E-state index in [9.17, 15) is 0 Å². The molecular weight excluding hydrogens is 408 g/mol. The molecule has 10 nitrogen and oxygen atoms in total. The van der Waals surface area contributed by atoms with Gasteiger partial charge in [-0.3, -0.25) is 10.8 Å². The van der Waals surface area contributed by atoms with Crippen molar-refractivity contribution in [2.24, 2.45) is 16.6 Å². The number of nitrogens with zero attached hydrogens (tertiary/aromatic N) is 4. The lowest BCUT2D eigenvalue weighted by Crippen LogP contribution is -2.57. The number of hydrogen-bond acceptors (Lipinski definition) is 10. The number of rotatable bonds is 9. The van der Waals surface area contributed by atoms with Gasteiger partial charge in [0, 0.05) is 31.3 Å². The first kappa shape index (κ1) is 21.5. The smallest absolute Gasteiger partial charge is 0.215 e. The number of nitrogens with two attached hydrogens (primary N) is 2. The summed E-state index contributed by atoms with van der Waals surface area (Å²) in [5.41, 5.74) is 8.08. The van der Waals surface area contributed by atoms with Gasteiger partial charge in [-0.1, -0.05) is 18.2 Å². The standard InChI is InChI=1S/C22H26N8O2/c1-31-10-11-32-20-6-2-5-18(28-20)27-19-13-26-21(23)22(29-19)30(24)14-15-7-8-17-16(12-15)4-3-9-25-17/h2-9,12-13,22,29H,10-11,14,24H2,1H3,(H2,23,26)(H,27,28). The molecule has 2 aromatic heterocycles. The Morgan fingerprint density at radius 3 is 2.94 bits per heavy atom. The zero-order valence-electron chi connectivity index (χ0n) is 17.7. The fraction of sp³-hybridized carbons (Fsp3) is 0.227. The molecule has 1 aliphatic rings. The molecule has 0 aliphatic carbocycles. The van der Waals surface area contributed by atoms with Crippen molar-refractivity contribution in [3.05, 3.63) is 72.3 Å². The topological polar surface area (TPSA) is 136 Å². The maximum absolute atomic E-state index is 6.35. The van der Waals surface area contributed by atoms with Gasteiger partial charge in [-0.2, -0.15) is 4.98 Å². The molecule has 0 saturated heterocycles. The van der Waals surface area contributed by atoms with Gasteiger partial charge in [-0.15, -0.1) is 0 Å². The van der Waals surface area contributed by atoms with Crippen LogP contribution in [-0.4, -0.2) is 47.3 Å². The number of pyridine rings is 2. The lowest BCUT2D eigenvalue weighted by atomic mass is 10.1. The van der Waals surface area contributed by atoms with Gasteiger partial charge < -0.3 is 25.8 Å². The van der Waals surface area contributed by atoms with Crippen LogP contribution in [-0.2, 0) is 11.3 Å². The summed E-state index contributed by atoms with van der Waals surface area (Å²) in [6, 6.07) is 15.4. The van der Waals surface area contributed by atoms with Crippen molar-refractivity contribution in [2.45, 2.75) is 12.7 Å². The van der Waals surface area contributed by atoms with E-state index in [1.165, 1.54) is 0 Å². The number of nitrogens with one attached hydrogen (secondary N) is 2. The molecule has 0 radical (unpaired) electrons. The van der Waals surface area contributed by atoms with Crippen LogP contribution in [0.3, 0.4) is 0 Å². The molecule has 4 rings (SSSR count). The average molecular weight is 435 g/mol. The first-order valence-electron chi connectivity index (χ1n) is 10.1. The van der Waals surface area contributed by atoms with Crippen molar-refractivity contribution >= 4 is 22.6 Å². The number of aromatic nitrogens is 2. The minimum Gasteiger partial charge on any atom is -0.475 e. The number of hydrogen-bond donors (Lipinski definition) is 4. The van der Waals surface area contributed by atoms with Crippen LogP contribution >= 0.6 is 0 Å². The summed E-state index contributed by atoms with van der Waals surface area (Å²) in [7, 11) is 1.62. The number of benzene rings is 1. The number of hydrazine groups is 1. The highest BCUT2D eigenvalue weighted by Crippen LogP contribution is 2.17. The normalized spacial score (nSPS) is 15.8. The third-order valence-electron chi connectivity index (χ3n) is 4.80. The van der Waals surface area contributed by atoms with Crippen molar-refractivity contribution < 1.29 is 9.47 Å². The van der Waals surface area contributed by atoms with Gasteiger partial charge in [0.2, 0.25) is 5.88 Å². The molecule has 1 unspecified atom stereocenters. The van der Waals surface area contributed by atoms with Crippen LogP contribution in [0.25, 0.3) is 10.9 Å². The monoisotopic (exact) mass is 434 g/mol. The summed E-state index contributed by atoms with van der Waals surface area (Å²) in [6.07, 6.45) is 2.88. The Balaban J connectivity index is 1.40. The Morgan fingerprint density at radius 2 is 2.06 bits per heavy atom. The van der Waals surface area contributed by atoms with Crippen LogP contribution < -0.4 is 26.9 Å². The molecule has 0 saturated carbocycles. The minimum absolute atomic E-state index is 0.366. The summed E-state index contributed by atoms with van der Waals surface area (Å²) >= 11 is 0. The molecule has 0 fully saturated rings. The largest absolute Gasteiger partial charge is 0.475 e. The predicted molar refractivity (Wildman–Crippen MR) is 123 cm³/mol. The summed E-state index contributed by atoms with van der Waals surface area (Å²) in [4.78, 5) is 13.1. The van der Waals surface area contributed by atoms with E-state index < -0.39 is 6.17 Å². The van der Waals surface area contributed by atoms with Gasteiger partial charge in [0.25, 0.3) is 0 Å². The molecule has 1 atom stereocenters. The van der Waals surface area contributed by atoms with E-state index >= 15 is 0 Å². The van der Waals surface area contributed by atoms with Crippen LogP contribution in [0, 0.1) is 0 Å². The number of amidine groups is 1. The van der Waals surface area contributed by atoms with Crippen molar-refractivity contribution in [1.82, 2.24) is 20.3 Å². The zero-order valence-corrected chi connectivity index (χ0v) is 17.7. The van der Waals surface area contributed by atoms with E-state index in [1.54, 1.807) is 30.6 Å². The quantitative estimate of drug-likeness (QED) is 0.224. The van der Waals surface area contributed by atoms with Gasteiger partial charge in [-0.05, 0) is 29.8 Å². The molecule has 10 heteroatoms. The molecule has 6 N–H and O–H groups in total. The van der Waals surface area contributed by atoms with Crippen LogP contribution in [0.4, 0.5) is 5.82 Å². The second kappa shape index (κ2) is 10.1. The number of ether oxygens (including phenoxy) is 2. The molecule has 166 valence electrons. The van der Waals surface area contributed by atoms with Crippen LogP contribution in [0.15, 0.2) is 71.7 Å². The molecule has 3 aromatic rings. The Hall–Kier alpha value is -3.73. The fourth-order valence-electron chi connectivity index (χ4n) is 3.25. The summed E-state index contributed by atoms with van der Waals surface area (Å²) in [5, 5.41) is 9.10. The highest BCUT2D eigenvalue weighted by molar-refractivity contribution is 5.87. The van der Waals surface area contributed by atoms with Crippen LogP contribution in [0.1, 0.15) is 5.56 Å². The maximum atomic E-state index is 6.35. The van der Waals surface area contributed by atoms with E-state index in [2.05, 4.69) is 31.7 Å². The molecular formula is C22H26N8O2. The van der Waals surface area contributed by atoms with E-state index in [0.29, 0.717) is 43.1 Å². The number of aliphatic imine (C=N–C) groups is 1. The second-order valence-corrected chi connectivity index (χ2v) is 7.17. The Labute approximate surface area is 185 Å². The van der Waals surface area contributed by atoms with Crippen LogP contribution in [0.2, 0.25) is 0 Å². The summed E-state index contributed by atoms with van der Waals surface area (Å²) < 4.78 is 10.5. The highest BCUT2D eigenvalue weighted by atomic mass is 16.5. The van der Waals surface area contributed by atoms with Crippen molar-refractivity contribution in [3.63, 3.8) is 0 Å². The van der Waals surface area contributed by atoms with Gasteiger partial charge in [0.1, 0.15) is 24.1 Å². The molecule has 1 aliphatic heterocycles. The minimum atomic E-state index is -0.492. The number of methoxy groups -OCH3 is 1. The van der Waals surface area contributed by atoms with Gasteiger partial charge >= 0.3 is 0 Å². The lowest BCUT2D eigenvalue weighted by Gasteiger charge is -2.31. The van der Waals surface area contributed by atoms with Gasteiger partial charge in [0.15, 0.2) is 6.17 Å². The zero-order chi connectivity index (χ0) is 22.3. The third-order valence-corrected chi connectivity index (χ3v) is 4.80. The Bertz CT molecular complexity index is 1130. The number of anilines is 1. The van der Waals surface area contributed by atoms with Crippen LogP contribution in [0.5, 0.6) is 5.88 Å². The molecule has 32 heavy (non-hydrogen) atoms. The van der Waals surface area contributed by atoms with E-state index in [0.717, 1.165) is 16.5 Å². The van der Waals surface area contributed by atoms with E-state index in [4.69, 9.17) is 21.1 Å². The lowest BCUT2D eigenvalue weighted by molar-refractivity contribution is 0.144. The van der Waals surface area contributed by atoms with Crippen molar-refractivity contribution in [2.75, 3.05) is 25.6 Å². The molecule has 0 amide bonds. The Morgan fingerprint density at radius 1 is 1.16 bits per heavy atom. The van der Waals surface area contributed by atoms with Crippen molar-refractivity contribution in [3.8, 4) is 5.88 Å². The first-order valence-corrected chi connectivity index (χ1v) is 10.1. The summed E-state index contributed by atoms with van der Waals surface area (Å²) in [6.45, 7) is 1.37. The van der Waals surface area contributed by atoms with E-state index in [1.807, 2.05) is 36.4 Å². The molecule has 0 spiro atoms. The molecule has 0 bridgehead atoms. The SMILES string of the molecule is COCCOc1cccc(NC2=CN=C(N)C(N(N)Cc3ccc4ncccc4c3)N2)n1. The average Bonchev–Trinajstić information content (AvgIpc) is 2.81. The van der Waals surface area contributed by atoms with Gasteiger partial charge in [-0.25, -0.2) is 10.0 Å². The summed E-state index contributed by atoms with van der Waals surface area (Å²) in [5.74, 6) is 8.43. The third kappa shape index (κ3) is 5.30. The molecule has 3 heterocycles. The molecule has 1 aromatic carbocycles. The second-order valence-electron chi connectivity index (χ2n) is 7.17. The fourth-order valence-corrected chi connectivity index (χ4v) is 3.25. The van der Waals surface area contributed by atoms with Gasteiger partial charge in [0.05, 0.1) is 18.3 Å². The maximum Gasteiger partial charge on any atom is 0.215 e.